The van der Waals surface area contributed by atoms with E-state index in [0.29, 0.717) is 11.8 Å². The number of methoxy groups -OCH3 is 2. The van der Waals surface area contributed by atoms with E-state index in [-0.39, 0.29) is 0 Å². The van der Waals surface area contributed by atoms with E-state index in [9.17, 15) is 0 Å². The van der Waals surface area contributed by atoms with Gasteiger partial charge in [0.25, 0.3) is 0 Å². The quantitative estimate of drug-likeness (QED) is 0.643. The number of aromatic nitrogens is 1. The van der Waals surface area contributed by atoms with Crippen LogP contribution in [0.2, 0.25) is 0 Å². The van der Waals surface area contributed by atoms with Crippen LogP contribution in [0.4, 0.5) is 0 Å². The SMILES string of the molecule is COc1ccc(C)c(OC)n1. The Balaban J connectivity index is 3.02. The van der Waals surface area contributed by atoms with Crippen molar-refractivity contribution in [1.82, 2.24) is 4.98 Å². The number of aryl methyl sites for hydroxylation is 1. The third kappa shape index (κ3) is 1.61. The third-order valence-corrected chi connectivity index (χ3v) is 1.43. The Morgan fingerprint density at radius 1 is 1.18 bits per heavy atom. The number of hydrogen-bond donors (Lipinski definition) is 0. The average Bonchev–Trinajstić information content (AvgIpc) is 2.05. The van der Waals surface area contributed by atoms with Crippen LogP contribution in [0.15, 0.2) is 12.1 Å². The summed E-state index contributed by atoms with van der Waals surface area (Å²) < 4.78 is 9.92. The second-order valence-electron chi connectivity index (χ2n) is 2.18. The van der Waals surface area contributed by atoms with Gasteiger partial charge in [-0.25, -0.2) is 0 Å². The molecule has 0 bridgehead atoms. The molecule has 0 unspecified atom stereocenters. The second kappa shape index (κ2) is 3.23. The Labute approximate surface area is 66.0 Å². The van der Waals surface area contributed by atoms with Crippen molar-refractivity contribution in [3.8, 4) is 11.8 Å². The fourth-order valence-corrected chi connectivity index (χ4v) is 0.813. The van der Waals surface area contributed by atoms with Gasteiger partial charge in [-0.05, 0) is 13.0 Å². The highest BCUT2D eigenvalue weighted by Gasteiger charge is 2.00. The summed E-state index contributed by atoms with van der Waals surface area (Å²) in [6.45, 7) is 1.94. The molecule has 3 nitrogen and oxygen atoms in total. The molecule has 0 amide bonds. The molecule has 3 heteroatoms. The van der Waals surface area contributed by atoms with E-state index in [4.69, 9.17) is 9.47 Å². The van der Waals surface area contributed by atoms with Crippen LogP contribution in [-0.4, -0.2) is 19.2 Å². The molecule has 0 fully saturated rings. The molecule has 0 spiro atoms. The second-order valence-corrected chi connectivity index (χ2v) is 2.18. The maximum absolute atomic E-state index is 5.00. The summed E-state index contributed by atoms with van der Waals surface area (Å²) in [7, 11) is 3.17. The van der Waals surface area contributed by atoms with Crippen LogP contribution < -0.4 is 9.47 Å². The molecule has 0 radical (unpaired) electrons. The molecule has 0 aliphatic rings. The highest BCUT2D eigenvalue weighted by atomic mass is 16.5. The zero-order valence-electron chi connectivity index (χ0n) is 6.92. The molecule has 0 saturated carbocycles. The number of pyridine rings is 1. The number of rotatable bonds is 2. The highest BCUT2D eigenvalue weighted by molar-refractivity contribution is 5.28. The summed E-state index contributed by atoms with van der Waals surface area (Å²) in [4.78, 5) is 4.06. The Morgan fingerprint density at radius 3 is 2.45 bits per heavy atom. The summed E-state index contributed by atoms with van der Waals surface area (Å²) in [5.74, 6) is 1.19. The van der Waals surface area contributed by atoms with Gasteiger partial charge in [-0.2, -0.15) is 4.98 Å². The van der Waals surface area contributed by atoms with Crippen LogP contribution in [-0.2, 0) is 0 Å². The Kier molecular flexibility index (Phi) is 2.31. The van der Waals surface area contributed by atoms with Gasteiger partial charge < -0.3 is 9.47 Å². The predicted octanol–water partition coefficient (Wildman–Crippen LogP) is 1.41. The first kappa shape index (κ1) is 7.85. The van der Waals surface area contributed by atoms with Gasteiger partial charge in [-0.3, -0.25) is 0 Å². The normalized spacial score (nSPS) is 9.36. The minimum Gasteiger partial charge on any atom is -0.481 e. The van der Waals surface area contributed by atoms with Crippen molar-refractivity contribution in [3.05, 3.63) is 17.7 Å². The van der Waals surface area contributed by atoms with Crippen molar-refractivity contribution in [2.24, 2.45) is 0 Å². The van der Waals surface area contributed by atoms with Crippen LogP contribution in [0.25, 0.3) is 0 Å². The number of ether oxygens (including phenoxy) is 2. The first-order valence-electron chi connectivity index (χ1n) is 3.33. The molecule has 0 N–H and O–H groups in total. The van der Waals surface area contributed by atoms with Crippen LogP contribution >= 0.6 is 0 Å². The molecule has 1 rings (SSSR count). The Bertz CT molecular complexity index is 248. The lowest BCUT2D eigenvalue weighted by molar-refractivity contribution is 0.362. The minimum atomic E-state index is 0.576. The third-order valence-electron chi connectivity index (χ3n) is 1.43. The molecule has 0 aliphatic heterocycles. The Hall–Kier alpha value is -1.25. The molecule has 11 heavy (non-hydrogen) atoms. The van der Waals surface area contributed by atoms with Gasteiger partial charge >= 0.3 is 0 Å². The summed E-state index contributed by atoms with van der Waals surface area (Å²) in [5.41, 5.74) is 1.01. The lowest BCUT2D eigenvalue weighted by atomic mass is 10.3. The fraction of sp³-hybridized carbons (Fsp3) is 0.375. The van der Waals surface area contributed by atoms with Crippen LogP contribution in [0.3, 0.4) is 0 Å². The number of nitrogens with zero attached hydrogens (tertiary/aromatic N) is 1. The molecule has 0 aliphatic carbocycles. The lowest BCUT2D eigenvalue weighted by Crippen LogP contribution is -1.93. The van der Waals surface area contributed by atoms with E-state index in [2.05, 4.69) is 4.98 Å². The zero-order chi connectivity index (χ0) is 8.27. The van der Waals surface area contributed by atoms with Crippen molar-refractivity contribution in [2.45, 2.75) is 6.92 Å². The monoisotopic (exact) mass is 153 g/mol. The van der Waals surface area contributed by atoms with Gasteiger partial charge in [0.2, 0.25) is 11.8 Å². The molecule has 0 atom stereocenters. The molecular formula is C8H11NO2. The van der Waals surface area contributed by atoms with E-state index in [1.54, 1.807) is 20.3 Å². The molecule has 0 saturated heterocycles. The van der Waals surface area contributed by atoms with Crippen molar-refractivity contribution in [3.63, 3.8) is 0 Å². The van der Waals surface area contributed by atoms with Gasteiger partial charge in [-0.1, -0.05) is 0 Å². The first-order chi connectivity index (χ1) is 5.27. The van der Waals surface area contributed by atoms with Gasteiger partial charge in [0.1, 0.15) is 0 Å². The molecule has 1 heterocycles. The van der Waals surface area contributed by atoms with E-state index in [0.717, 1.165) is 5.56 Å². The van der Waals surface area contributed by atoms with E-state index >= 15 is 0 Å². The standard InChI is InChI=1S/C8H11NO2/c1-6-4-5-7(10-2)9-8(6)11-3/h4-5H,1-3H3. The van der Waals surface area contributed by atoms with Crippen LogP contribution in [0.5, 0.6) is 11.8 Å². The maximum atomic E-state index is 5.00. The molecular weight excluding hydrogens is 142 g/mol. The summed E-state index contributed by atoms with van der Waals surface area (Å²) in [5, 5.41) is 0. The highest BCUT2D eigenvalue weighted by Crippen LogP contribution is 2.17. The van der Waals surface area contributed by atoms with Crippen LogP contribution in [0.1, 0.15) is 5.56 Å². The largest absolute Gasteiger partial charge is 0.481 e. The topological polar surface area (TPSA) is 31.4 Å². The van der Waals surface area contributed by atoms with E-state index in [1.165, 1.54) is 0 Å². The Morgan fingerprint density at radius 2 is 1.91 bits per heavy atom. The first-order valence-corrected chi connectivity index (χ1v) is 3.33. The molecule has 0 aromatic carbocycles. The fourth-order valence-electron chi connectivity index (χ4n) is 0.813. The van der Waals surface area contributed by atoms with Gasteiger partial charge in [0.05, 0.1) is 14.2 Å². The predicted molar refractivity (Wildman–Crippen MR) is 42.1 cm³/mol. The van der Waals surface area contributed by atoms with Crippen molar-refractivity contribution >= 4 is 0 Å². The summed E-state index contributed by atoms with van der Waals surface area (Å²) in [6, 6.07) is 3.71. The van der Waals surface area contributed by atoms with Crippen molar-refractivity contribution < 1.29 is 9.47 Å². The summed E-state index contributed by atoms with van der Waals surface area (Å²) >= 11 is 0. The minimum absolute atomic E-state index is 0.576. The maximum Gasteiger partial charge on any atom is 0.219 e. The van der Waals surface area contributed by atoms with E-state index in [1.807, 2.05) is 13.0 Å². The summed E-state index contributed by atoms with van der Waals surface area (Å²) in [6.07, 6.45) is 0. The molecule has 1 aromatic heterocycles. The van der Waals surface area contributed by atoms with Gasteiger partial charge in [0, 0.05) is 11.6 Å². The zero-order valence-corrected chi connectivity index (χ0v) is 6.92. The van der Waals surface area contributed by atoms with Gasteiger partial charge in [0.15, 0.2) is 0 Å². The average molecular weight is 153 g/mol. The molecule has 60 valence electrons. The van der Waals surface area contributed by atoms with Crippen molar-refractivity contribution in [2.75, 3.05) is 14.2 Å². The molecule has 1 aromatic rings. The lowest BCUT2D eigenvalue weighted by Gasteiger charge is -2.04. The van der Waals surface area contributed by atoms with E-state index < -0.39 is 0 Å². The van der Waals surface area contributed by atoms with Crippen LogP contribution in [0, 0.1) is 6.92 Å². The van der Waals surface area contributed by atoms with Gasteiger partial charge in [-0.15, -0.1) is 0 Å². The number of hydrogen-bond acceptors (Lipinski definition) is 3. The smallest absolute Gasteiger partial charge is 0.219 e. The van der Waals surface area contributed by atoms with Crippen molar-refractivity contribution in [1.29, 1.82) is 0 Å².